The maximum absolute atomic E-state index is 14.9. The highest BCUT2D eigenvalue weighted by atomic mass is 35.5. The van der Waals surface area contributed by atoms with Crippen molar-refractivity contribution in [2.24, 2.45) is 0 Å². The van der Waals surface area contributed by atoms with Crippen molar-refractivity contribution >= 4 is 40.4 Å². The van der Waals surface area contributed by atoms with Crippen molar-refractivity contribution in [2.75, 3.05) is 75.2 Å². The molecule has 8 nitrogen and oxygen atoms in total. The average molecular weight is 545 g/mol. The van der Waals surface area contributed by atoms with Gasteiger partial charge in [-0.1, -0.05) is 17.7 Å². The molecule has 0 saturated carbocycles. The van der Waals surface area contributed by atoms with Crippen LogP contribution in [0.3, 0.4) is 0 Å². The van der Waals surface area contributed by atoms with Crippen LogP contribution in [0.25, 0.3) is 0 Å². The maximum atomic E-state index is 14.9. The number of hydrogen-bond donors (Lipinski definition) is 2. The summed E-state index contributed by atoms with van der Waals surface area (Å²) >= 11 is 6.37. The number of benzene rings is 2. The first-order valence-corrected chi connectivity index (χ1v) is 13.1. The number of fused-ring (bicyclic) bond motifs is 1. The van der Waals surface area contributed by atoms with Crippen LogP contribution in [0, 0.1) is 11.6 Å². The summed E-state index contributed by atoms with van der Waals surface area (Å²) in [7, 11) is 1.73. The highest BCUT2D eigenvalue weighted by Gasteiger charge is 2.21. The molecule has 0 radical (unpaired) electrons. The molecule has 2 aliphatic rings. The van der Waals surface area contributed by atoms with E-state index in [0.29, 0.717) is 37.9 Å². The van der Waals surface area contributed by atoms with Crippen LogP contribution in [0.15, 0.2) is 36.5 Å². The summed E-state index contributed by atoms with van der Waals surface area (Å²) in [4.78, 5) is 13.1. The van der Waals surface area contributed by atoms with E-state index < -0.39 is 11.6 Å². The lowest BCUT2D eigenvalue weighted by molar-refractivity contribution is 0.122. The van der Waals surface area contributed by atoms with Crippen LogP contribution in [0.1, 0.15) is 11.1 Å². The number of methoxy groups -OCH3 is 1. The molecule has 38 heavy (non-hydrogen) atoms. The van der Waals surface area contributed by atoms with Crippen LogP contribution in [0.4, 0.5) is 37.6 Å². The molecular weight excluding hydrogens is 514 g/mol. The van der Waals surface area contributed by atoms with Gasteiger partial charge in [0.15, 0.2) is 11.6 Å². The zero-order valence-electron chi connectivity index (χ0n) is 21.3. The van der Waals surface area contributed by atoms with Gasteiger partial charge in [-0.05, 0) is 42.2 Å². The molecule has 0 aliphatic carbocycles. The van der Waals surface area contributed by atoms with Crippen molar-refractivity contribution in [3.63, 3.8) is 0 Å². The molecule has 0 amide bonds. The summed E-state index contributed by atoms with van der Waals surface area (Å²) in [5, 5.41) is 6.43. The number of nitrogens with one attached hydrogen (secondary N) is 2. The van der Waals surface area contributed by atoms with Gasteiger partial charge in [0.1, 0.15) is 10.8 Å². The summed E-state index contributed by atoms with van der Waals surface area (Å²) in [6, 6.07) is 8.40. The van der Waals surface area contributed by atoms with E-state index in [0.717, 1.165) is 50.8 Å². The molecule has 1 saturated heterocycles. The quantitative estimate of drug-likeness (QED) is 0.420. The van der Waals surface area contributed by atoms with Crippen molar-refractivity contribution in [1.82, 2.24) is 14.9 Å². The van der Waals surface area contributed by atoms with E-state index in [9.17, 15) is 8.78 Å². The van der Waals surface area contributed by atoms with Crippen molar-refractivity contribution in [3.05, 3.63) is 64.3 Å². The van der Waals surface area contributed by atoms with Crippen molar-refractivity contribution in [1.29, 1.82) is 0 Å². The fourth-order valence-electron chi connectivity index (χ4n) is 4.79. The summed E-state index contributed by atoms with van der Waals surface area (Å²) in [6.45, 7) is 5.62. The van der Waals surface area contributed by atoms with Crippen LogP contribution >= 0.6 is 11.6 Å². The van der Waals surface area contributed by atoms with Gasteiger partial charge >= 0.3 is 0 Å². The molecule has 3 heterocycles. The normalized spacial score (nSPS) is 16.2. The van der Waals surface area contributed by atoms with Gasteiger partial charge in [-0.3, -0.25) is 0 Å². The SMILES string of the molecule is COCCN1CCc2ccc(Nc3ncc(Cl)c(Nc4c(F)cc(F)cc4N4CCOCC4)n3)cc2CC1. The van der Waals surface area contributed by atoms with E-state index in [1.54, 1.807) is 7.11 Å². The molecule has 0 unspecified atom stereocenters. The van der Waals surface area contributed by atoms with Gasteiger partial charge in [-0.2, -0.15) is 4.98 Å². The van der Waals surface area contributed by atoms with Crippen molar-refractivity contribution in [2.45, 2.75) is 12.8 Å². The minimum absolute atomic E-state index is 0.0999. The number of morpholine rings is 1. The van der Waals surface area contributed by atoms with Crippen molar-refractivity contribution < 1.29 is 18.3 Å². The first-order chi connectivity index (χ1) is 18.5. The van der Waals surface area contributed by atoms with Crippen LogP contribution < -0.4 is 15.5 Å². The Kier molecular flexibility index (Phi) is 8.53. The highest BCUT2D eigenvalue weighted by Crippen LogP contribution is 2.35. The number of aromatic nitrogens is 2. The molecule has 1 fully saturated rings. The first kappa shape index (κ1) is 26.6. The lowest BCUT2D eigenvalue weighted by atomic mass is 10.0. The Bertz CT molecular complexity index is 1270. The second kappa shape index (κ2) is 12.2. The zero-order valence-corrected chi connectivity index (χ0v) is 22.0. The number of nitrogens with zero attached hydrogens (tertiary/aromatic N) is 4. The zero-order chi connectivity index (χ0) is 26.5. The van der Waals surface area contributed by atoms with E-state index in [1.165, 1.54) is 23.4 Å². The molecule has 2 aliphatic heterocycles. The van der Waals surface area contributed by atoms with Crippen LogP contribution in [0.2, 0.25) is 5.02 Å². The summed E-state index contributed by atoms with van der Waals surface area (Å²) in [5.74, 6) is -0.868. The third-order valence-corrected chi connectivity index (χ3v) is 7.12. The van der Waals surface area contributed by atoms with Gasteiger partial charge < -0.3 is 29.9 Å². The van der Waals surface area contributed by atoms with Gasteiger partial charge in [0.2, 0.25) is 5.95 Å². The Labute approximate surface area is 225 Å². The number of halogens is 3. The third-order valence-electron chi connectivity index (χ3n) is 6.84. The monoisotopic (exact) mass is 544 g/mol. The van der Waals surface area contributed by atoms with Gasteiger partial charge in [-0.15, -0.1) is 0 Å². The molecule has 11 heteroatoms. The van der Waals surface area contributed by atoms with E-state index in [4.69, 9.17) is 21.1 Å². The lowest BCUT2D eigenvalue weighted by Crippen LogP contribution is -2.36. The first-order valence-electron chi connectivity index (χ1n) is 12.7. The minimum Gasteiger partial charge on any atom is -0.383 e. The Morgan fingerprint density at radius 2 is 1.82 bits per heavy atom. The molecule has 1 aromatic heterocycles. The van der Waals surface area contributed by atoms with E-state index in [-0.39, 0.29) is 16.5 Å². The topological polar surface area (TPSA) is 74.8 Å². The third kappa shape index (κ3) is 6.32. The molecule has 0 bridgehead atoms. The van der Waals surface area contributed by atoms with Gasteiger partial charge in [0.25, 0.3) is 0 Å². The molecule has 5 rings (SSSR count). The fraction of sp³-hybridized carbons (Fsp3) is 0.407. The van der Waals surface area contributed by atoms with E-state index in [2.05, 4.69) is 37.6 Å². The Hall–Kier alpha value is -3.05. The smallest absolute Gasteiger partial charge is 0.229 e. The number of hydrogen-bond acceptors (Lipinski definition) is 8. The van der Waals surface area contributed by atoms with Gasteiger partial charge in [-0.25, -0.2) is 13.8 Å². The second-order valence-corrected chi connectivity index (χ2v) is 9.75. The van der Waals surface area contributed by atoms with Crippen molar-refractivity contribution in [3.8, 4) is 0 Å². The highest BCUT2D eigenvalue weighted by molar-refractivity contribution is 6.33. The average Bonchev–Trinajstić information content (AvgIpc) is 3.13. The van der Waals surface area contributed by atoms with E-state index in [1.807, 2.05) is 11.0 Å². The Morgan fingerprint density at radius 1 is 1.03 bits per heavy atom. The molecule has 2 aromatic carbocycles. The number of ether oxygens (including phenoxy) is 2. The van der Waals surface area contributed by atoms with E-state index >= 15 is 0 Å². The Morgan fingerprint density at radius 3 is 2.61 bits per heavy atom. The Balaban J connectivity index is 1.34. The molecular formula is C27H31ClF2N6O2. The molecule has 0 spiro atoms. The minimum atomic E-state index is -0.735. The molecule has 2 N–H and O–H groups in total. The predicted octanol–water partition coefficient (Wildman–Crippen LogP) is 4.78. The maximum Gasteiger partial charge on any atom is 0.229 e. The predicted molar refractivity (Wildman–Crippen MR) is 145 cm³/mol. The number of anilines is 5. The van der Waals surface area contributed by atoms with Gasteiger partial charge in [0, 0.05) is 51.6 Å². The van der Waals surface area contributed by atoms with Crippen LogP contribution in [-0.2, 0) is 22.3 Å². The fourth-order valence-corrected chi connectivity index (χ4v) is 4.93. The molecule has 0 atom stereocenters. The second-order valence-electron chi connectivity index (χ2n) is 9.34. The van der Waals surface area contributed by atoms with Gasteiger partial charge in [0.05, 0.1) is 37.4 Å². The summed E-state index contributed by atoms with van der Waals surface area (Å²) in [5.41, 5.74) is 3.95. The standard InChI is InChI=1S/C27H31ClF2N6O2/c1-37-11-8-35-6-4-18-2-3-21(14-19(18)5-7-35)32-27-31-17-22(28)26(34-27)33-25-23(30)15-20(29)16-24(25)36-9-12-38-13-10-36/h2-3,14-17H,4-13H2,1H3,(H2,31,32,33,34). The van der Waals surface area contributed by atoms with Crippen LogP contribution in [-0.4, -0.2) is 74.5 Å². The van der Waals surface area contributed by atoms with Crippen LogP contribution in [0.5, 0.6) is 0 Å². The summed E-state index contributed by atoms with van der Waals surface area (Å²) < 4.78 is 39.7. The molecule has 202 valence electrons. The number of rotatable bonds is 8. The molecule has 3 aromatic rings. The summed E-state index contributed by atoms with van der Waals surface area (Å²) in [6.07, 6.45) is 3.38. The largest absolute Gasteiger partial charge is 0.383 e. The lowest BCUT2D eigenvalue weighted by Gasteiger charge is -2.30.